The number of hydrogen-bond donors (Lipinski definition) is 2. The van der Waals surface area contributed by atoms with Crippen LogP contribution in [0.2, 0.25) is 0 Å². The Balaban J connectivity index is 1.49. The number of nitrogens with zero attached hydrogens (tertiary/aromatic N) is 4. The van der Waals surface area contributed by atoms with Crippen molar-refractivity contribution in [2.24, 2.45) is 4.99 Å². The molecule has 1 fully saturated rings. The fourth-order valence-electron chi connectivity index (χ4n) is 3.43. The van der Waals surface area contributed by atoms with Crippen molar-refractivity contribution >= 4 is 17.3 Å². The van der Waals surface area contributed by atoms with E-state index in [-0.39, 0.29) is 0 Å². The van der Waals surface area contributed by atoms with Crippen LogP contribution in [-0.4, -0.2) is 60.0 Å². The van der Waals surface area contributed by atoms with Gasteiger partial charge in [0.1, 0.15) is 5.01 Å². The summed E-state index contributed by atoms with van der Waals surface area (Å²) in [5.41, 5.74) is 2.61. The van der Waals surface area contributed by atoms with Crippen LogP contribution >= 0.6 is 11.3 Å². The zero-order valence-corrected chi connectivity index (χ0v) is 18.8. The summed E-state index contributed by atoms with van der Waals surface area (Å²) in [7, 11) is 0. The maximum atomic E-state index is 4.72. The van der Waals surface area contributed by atoms with Crippen molar-refractivity contribution in [3.8, 4) is 0 Å². The van der Waals surface area contributed by atoms with E-state index >= 15 is 0 Å². The number of rotatable bonds is 8. The van der Waals surface area contributed by atoms with E-state index in [1.54, 1.807) is 11.3 Å². The summed E-state index contributed by atoms with van der Waals surface area (Å²) in [6.45, 7) is 15.5. The first-order valence-electron chi connectivity index (χ1n) is 10.6. The summed E-state index contributed by atoms with van der Waals surface area (Å²) < 4.78 is 0. The Morgan fingerprint density at radius 1 is 1.03 bits per heavy atom. The second kappa shape index (κ2) is 11.3. The van der Waals surface area contributed by atoms with Crippen LogP contribution in [0.3, 0.4) is 0 Å². The van der Waals surface area contributed by atoms with Gasteiger partial charge in [-0.1, -0.05) is 31.2 Å². The normalized spacial score (nSPS) is 16.2. The average molecular weight is 415 g/mol. The van der Waals surface area contributed by atoms with Crippen LogP contribution in [0.4, 0.5) is 0 Å². The third-order valence-corrected chi connectivity index (χ3v) is 6.09. The van der Waals surface area contributed by atoms with Gasteiger partial charge in [-0.2, -0.15) is 0 Å². The molecule has 0 atom stereocenters. The van der Waals surface area contributed by atoms with Crippen LogP contribution in [0, 0.1) is 6.92 Å². The molecule has 0 spiro atoms. The molecule has 0 amide bonds. The van der Waals surface area contributed by atoms with E-state index in [4.69, 9.17) is 4.99 Å². The number of likely N-dealkylation sites (N-methyl/N-ethyl adjacent to an activating group) is 1. The van der Waals surface area contributed by atoms with E-state index in [0.717, 1.165) is 43.7 Å². The Bertz CT molecular complexity index is 762. The standard InChI is InChI=1S/C22H34N6S/c1-4-23-22(26-16-21-24-14-18(3)29-21)25-15-19-6-8-20(9-7-19)17-28-12-10-27(5-2)11-13-28/h6-9,14H,4-5,10-13,15-17H2,1-3H3,(H2,23,25,26). The molecule has 0 bridgehead atoms. The van der Waals surface area contributed by atoms with Crippen LogP contribution in [0.15, 0.2) is 35.5 Å². The van der Waals surface area contributed by atoms with Gasteiger partial charge in [-0.3, -0.25) is 4.90 Å². The molecule has 29 heavy (non-hydrogen) atoms. The summed E-state index contributed by atoms with van der Waals surface area (Å²) in [6.07, 6.45) is 1.91. The van der Waals surface area contributed by atoms with E-state index in [9.17, 15) is 0 Å². The number of aryl methyl sites for hydroxylation is 1. The largest absolute Gasteiger partial charge is 0.357 e. The fourth-order valence-corrected chi connectivity index (χ4v) is 4.15. The highest BCUT2D eigenvalue weighted by Crippen LogP contribution is 2.12. The number of hydrogen-bond acceptors (Lipinski definition) is 5. The van der Waals surface area contributed by atoms with Gasteiger partial charge in [-0.15, -0.1) is 11.3 Å². The Morgan fingerprint density at radius 2 is 1.72 bits per heavy atom. The lowest BCUT2D eigenvalue weighted by Gasteiger charge is -2.34. The first kappa shape index (κ1) is 21.7. The molecule has 7 heteroatoms. The molecule has 1 aliphatic rings. The monoisotopic (exact) mass is 414 g/mol. The van der Waals surface area contributed by atoms with E-state index in [1.807, 2.05) is 6.20 Å². The maximum absolute atomic E-state index is 4.72. The van der Waals surface area contributed by atoms with Gasteiger partial charge in [0, 0.05) is 50.3 Å². The minimum atomic E-state index is 0.668. The molecule has 1 saturated heterocycles. The van der Waals surface area contributed by atoms with Crippen LogP contribution in [0.5, 0.6) is 0 Å². The summed E-state index contributed by atoms with van der Waals surface area (Å²) in [5, 5.41) is 7.76. The number of aliphatic imine (C=N–C) groups is 1. The Hall–Kier alpha value is -1.96. The van der Waals surface area contributed by atoms with Crippen LogP contribution < -0.4 is 10.6 Å². The highest BCUT2D eigenvalue weighted by molar-refractivity contribution is 7.11. The van der Waals surface area contributed by atoms with Gasteiger partial charge in [0.15, 0.2) is 5.96 Å². The van der Waals surface area contributed by atoms with Crippen molar-refractivity contribution in [3.05, 3.63) is 51.5 Å². The Morgan fingerprint density at radius 3 is 2.34 bits per heavy atom. The van der Waals surface area contributed by atoms with Gasteiger partial charge >= 0.3 is 0 Å². The molecule has 0 radical (unpaired) electrons. The number of piperazine rings is 1. The number of benzene rings is 1. The molecule has 6 nitrogen and oxygen atoms in total. The summed E-state index contributed by atoms with van der Waals surface area (Å²) >= 11 is 1.72. The minimum Gasteiger partial charge on any atom is -0.357 e. The zero-order valence-electron chi connectivity index (χ0n) is 17.9. The van der Waals surface area contributed by atoms with Crippen molar-refractivity contribution < 1.29 is 0 Å². The number of nitrogens with one attached hydrogen (secondary N) is 2. The summed E-state index contributed by atoms with van der Waals surface area (Å²) in [6, 6.07) is 8.90. The fraction of sp³-hybridized carbons (Fsp3) is 0.545. The zero-order chi connectivity index (χ0) is 20.5. The Labute approximate surface area is 179 Å². The molecular weight excluding hydrogens is 380 g/mol. The molecule has 2 aromatic rings. The third kappa shape index (κ3) is 7.10. The molecule has 3 rings (SSSR count). The predicted molar refractivity (Wildman–Crippen MR) is 122 cm³/mol. The van der Waals surface area contributed by atoms with Crippen LogP contribution in [0.1, 0.15) is 34.9 Å². The van der Waals surface area contributed by atoms with Crippen molar-refractivity contribution in [3.63, 3.8) is 0 Å². The molecule has 0 unspecified atom stereocenters. The molecule has 0 aliphatic carbocycles. The van der Waals surface area contributed by atoms with E-state index in [0.29, 0.717) is 13.1 Å². The highest BCUT2D eigenvalue weighted by Gasteiger charge is 2.15. The van der Waals surface area contributed by atoms with E-state index in [2.05, 4.69) is 70.5 Å². The van der Waals surface area contributed by atoms with Crippen molar-refractivity contribution in [2.45, 2.75) is 40.4 Å². The second-order valence-corrected chi connectivity index (χ2v) is 8.76. The molecular formula is C22H34N6S. The molecule has 0 saturated carbocycles. The smallest absolute Gasteiger partial charge is 0.191 e. The topological polar surface area (TPSA) is 55.8 Å². The van der Waals surface area contributed by atoms with Crippen molar-refractivity contribution in [1.82, 2.24) is 25.4 Å². The van der Waals surface area contributed by atoms with Gasteiger partial charge in [0.25, 0.3) is 0 Å². The Kier molecular flexibility index (Phi) is 8.46. The molecule has 1 aliphatic heterocycles. The molecule has 1 aromatic carbocycles. The highest BCUT2D eigenvalue weighted by atomic mass is 32.1. The van der Waals surface area contributed by atoms with E-state index < -0.39 is 0 Å². The first-order chi connectivity index (χ1) is 14.2. The molecule has 1 aromatic heterocycles. The van der Waals surface area contributed by atoms with Crippen molar-refractivity contribution in [2.75, 3.05) is 39.3 Å². The van der Waals surface area contributed by atoms with Gasteiger partial charge in [0.2, 0.25) is 0 Å². The lowest BCUT2D eigenvalue weighted by atomic mass is 10.1. The predicted octanol–water partition coefficient (Wildman–Crippen LogP) is 2.84. The van der Waals surface area contributed by atoms with Gasteiger partial charge < -0.3 is 15.5 Å². The minimum absolute atomic E-state index is 0.668. The van der Waals surface area contributed by atoms with Crippen LogP contribution in [-0.2, 0) is 19.6 Å². The SMILES string of the molecule is CCNC(=NCc1ccc(CN2CCN(CC)CC2)cc1)NCc1ncc(C)s1. The number of aromatic nitrogens is 1. The van der Waals surface area contributed by atoms with Crippen molar-refractivity contribution in [1.29, 1.82) is 0 Å². The van der Waals surface area contributed by atoms with Crippen LogP contribution in [0.25, 0.3) is 0 Å². The maximum Gasteiger partial charge on any atom is 0.191 e. The van der Waals surface area contributed by atoms with Gasteiger partial charge in [-0.05, 0) is 31.5 Å². The van der Waals surface area contributed by atoms with Gasteiger partial charge in [0.05, 0.1) is 13.1 Å². The quantitative estimate of drug-likeness (QED) is 0.514. The van der Waals surface area contributed by atoms with E-state index in [1.165, 1.54) is 29.1 Å². The molecule has 2 heterocycles. The summed E-state index contributed by atoms with van der Waals surface area (Å²) in [5.74, 6) is 0.832. The first-order valence-corrected chi connectivity index (χ1v) is 11.4. The third-order valence-electron chi connectivity index (χ3n) is 5.18. The molecule has 2 N–H and O–H groups in total. The lowest BCUT2D eigenvalue weighted by molar-refractivity contribution is 0.132. The molecule has 158 valence electrons. The number of thiazole rings is 1. The van der Waals surface area contributed by atoms with Gasteiger partial charge in [-0.25, -0.2) is 9.98 Å². The average Bonchev–Trinajstić information content (AvgIpc) is 3.17. The summed E-state index contributed by atoms with van der Waals surface area (Å²) in [4.78, 5) is 15.4. The number of guanidine groups is 1. The second-order valence-electron chi connectivity index (χ2n) is 7.44. The lowest BCUT2D eigenvalue weighted by Crippen LogP contribution is -2.45.